The van der Waals surface area contributed by atoms with E-state index in [9.17, 15) is 4.79 Å². The third-order valence-electron chi connectivity index (χ3n) is 2.25. The number of carbonyl (C=O) groups excluding carboxylic acids is 1. The lowest BCUT2D eigenvalue weighted by molar-refractivity contribution is -0.120. The highest BCUT2D eigenvalue weighted by molar-refractivity contribution is 6.29. The van der Waals surface area contributed by atoms with Gasteiger partial charge in [0.05, 0.1) is 11.9 Å². The second-order valence-electron chi connectivity index (χ2n) is 3.41. The largest absolute Gasteiger partial charge is 0.294 e. The van der Waals surface area contributed by atoms with E-state index in [1.54, 1.807) is 6.07 Å². The minimum Gasteiger partial charge on any atom is -0.294 e. The fourth-order valence-corrected chi connectivity index (χ4v) is 1.65. The summed E-state index contributed by atoms with van der Waals surface area (Å²) in [5.41, 5.74) is 3.79. The number of hydrogen-bond donors (Lipinski definition) is 2. The van der Waals surface area contributed by atoms with Gasteiger partial charge in [-0.1, -0.05) is 17.7 Å². The van der Waals surface area contributed by atoms with Crippen molar-refractivity contribution >= 4 is 28.4 Å². The number of carbonyl (C=O) groups is 1. The van der Waals surface area contributed by atoms with Crippen molar-refractivity contribution in [3.8, 4) is 0 Å². The summed E-state index contributed by atoms with van der Waals surface area (Å²) in [7, 11) is 0. The molecule has 0 radical (unpaired) electrons. The highest BCUT2D eigenvalue weighted by atomic mass is 35.5. The Balaban J connectivity index is 2.37. The van der Waals surface area contributed by atoms with Crippen LogP contribution in [-0.4, -0.2) is 10.9 Å². The van der Waals surface area contributed by atoms with Gasteiger partial charge in [-0.05, 0) is 29.8 Å². The summed E-state index contributed by atoms with van der Waals surface area (Å²) in [5, 5.41) is 1.41. The van der Waals surface area contributed by atoms with Crippen molar-refractivity contribution < 1.29 is 4.79 Å². The first-order valence-corrected chi connectivity index (χ1v) is 5.11. The number of nitrogens with two attached hydrogens (primary N) is 1. The zero-order valence-electron chi connectivity index (χ0n) is 8.40. The van der Waals surface area contributed by atoms with Crippen LogP contribution >= 0.6 is 11.6 Å². The number of benzene rings is 1. The Bertz CT molecular complexity index is 542. The second kappa shape index (κ2) is 4.47. The summed E-state index contributed by atoms with van der Waals surface area (Å²) < 4.78 is 0. The van der Waals surface area contributed by atoms with Gasteiger partial charge in [0.15, 0.2) is 0 Å². The Morgan fingerprint density at radius 2 is 2.19 bits per heavy atom. The number of amides is 1. The van der Waals surface area contributed by atoms with Gasteiger partial charge in [-0.15, -0.1) is 0 Å². The molecule has 2 aromatic rings. The Kier molecular flexibility index (Phi) is 3.03. The van der Waals surface area contributed by atoms with Gasteiger partial charge in [0.2, 0.25) is 5.91 Å². The number of aromatic nitrogens is 1. The lowest BCUT2D eigenvalue weighted by Crippen LogP contribution is -2.31. The molecule has 1 aromatic carbocycles. The van der Waals surface area contributed by atoms with Gasteiger partial charge in [0, 0.05) is 5.39 Å². The molecule has 0 aliphatic heterocycles. The van der Waals surface area contributed by atoms with Crippen LogP contribution in [0.4, 0.5) is 0 Å². The highest BCUT2D eigenvalue weighted by Gasteiger charge is 2.03. The zero-order chi connectivity index (χ0) is 11.5. The first-order valence-electron chi connectivity index (χ1n) is 4.73. The number of hydrazine groups is 1. The molecule has 1 aromatic heterocycles. The standard InChI is InChI=1S/C11H10ClN3O/c12-10-4-2-8-5-7(6-11(16)15-13)1-3-9(8)14-10/h1-5H,6,13H2,(H,15,16). The van der Waals surface area contributed by atoms with Crippen LogP contribution in [0.1, 0.15) is 5.56 Å². The van der Waals surface area contributed by atoms with Crippen LogP contribution in [0.2, 0.25) is 5.15 Å². The smallest absolute Gasteiger partial charge is 0.238 e. The third-order valence-corrected chi connectivity index (χ3v) is 2.46. The van der Waals surface area contributed by atoms with Crippen molar-refractivity contribution in [3.63, 3.8) is 0 Å². The van der Waals surface area contributed by atoms with E-state index < -0.39 is 0 Å². The van der Waals surface area contributed by atoms with Crippen LogP contribution in [0.5, 0.6) is 0 Å². The molecule has 82 valence electrons. The summed E-state index contributed by atoms with van der Waals surface area (Å²) in [5.74, 6) is 4.80. The van der Waals surface area contributed by atoms with E-state index in [1.165, 1.54) is 0 Å². The van der Waals surface area contributed by atoms with Crippen LogP contribution < -0.4 is 11.3 Å². The summed E-state index contributed by atoms with van der Waals surface area (Å²) in [6.45, 7) is 0. The van der Waals surface area contributed by atoms with E-state index in [-0.39, 0.29) is 12.3 Å². The van der Waals surface area contributed by atoms with Gasteiger partial charge in [0.25, 0.3) is 0 Å². The SMILES string of the molecule is NNC(=O)Cc1ccc2nc(Cl)ccc2c1. The number of pyridine rings is 1. The van der Waals surface area contributed by atoms with Gasteiger partial charge in [0.1, 0.15) is 5.15 Å². The van der Waals surface area contributed by atoms with Crippen molar-refractivity contribution in [2.45, 2.75) is 6.42 Å². The van der Waals surface area contributed by atoms with Crippen LogP contribution in [-0.2, 0) is 11.2 Å². The molecule has 0 unspecified atom stereocenters. The Morgan fingerprint density at radius 3 is 2.94 bits per heavy atom. The van der Waals surface area contributed by atoms with Gasteiger partial charge in [-0.2, -0.15) is 0 Å². The van der Waals surface area contributed by atoms with E-state index >= 15 is 0 Å². The zero-order valence-corrected chi connectivity index (χ0v) is 9.16. The minimum absolute atomic E-state index is 0.221. The number of fused-ring (bicyclic) bond motifs is 1. The average Bonchev–Trinajstić information content (AvgIpc) is 2.29. The van der Waals surface area contributed by atoms with E-state index in [4.69, 9.17) is 17.4 Å². The van der Waals surface area contributed by atoms with E-state index in [0.29, 0.717) is 5.15 Å². The van der Waals surface area contributed by atoms with Crippen LogP contribution in [0.25, 0.3) is 10.9 Å². The molecule has 4 nitrogen and oxygen atoms in total. The summed E-state index contributed by atoms with van der Waals surface area (Å²) in [4.78, 5) is 15.3. The lowest BCUT2D eigenvalue weighted by Gasteiger charge is -2.02. The van der Waals surface area contributed by atoms with Crippen molar-refractivity contribution in [3.05, 3.63) is 41.0 Å². The van der Waals surface area contributed by atoms with E-state index in [0.717, 1.165) is 16.5 Å². The molecule has 1 amide bonds. The fraction of sp³-hybridized carbons (Fsp3) is 0.0909. The summed E-state index contributed by atoms with van der Waals surface area (Å²) in [6, 6.07) is 9.15. The maximum Gasteiger partial charge on any atom is 0.238 e. The minimum atomic E-state index is -0.221. The molecule has 0 spiro atoms. The van der Waals surface area contributed by atoms with Crippen LogP contribution in [0.15, 0.2) is 30.3 Å². The van der Waals surface area contributed by atoms with Crippen molar-refractivity contribution in [2.75, 3.05) is 0 Å². The van der Waals surface area contributed by atoms with Crippen molar-refractivity contribution in [2.24, 2.45) is 5.84 Å². The molecule has 0 fully saturated rings. The average molecular weight is 236 g/mol. The maximum atomic E-state index is 11.1. The van der Waals surface area contributed by atoms with Crippen LogP contribution in [0.3, 0.4) is 0 Å². The summed E-state index contributed by atoms with van der Waals surface area (Å²) >= 11 is 5.77. The number of halogens is 1. The Hall–Kier alpha value is -1.65. The monoisotopic (exact) mass is 235 g/mol. The number of nitrogens with one attached hydrogen (secondary N) is 1. The molecule has 3 N–H and O–H groups in total. The van der Waals surface area contributed by atoms with Gasteiger partial charge in [-0.25, -0.2) is 10.8 Å². The maximum absolute atomic E-state index is 11.1. The van der Waals surface area contributed by atoms with Crippen LogP contribution in [0, 0.1) is 0 Å². The van der Waals surface area contributed by atoms with Gasteiger partial charge >= 0.3 is 0 Å². The molecule has 16 heavy (non-hydrogen) atoms. The number of rotatable bonds is 2. The number of hydrogen-bond acceptors (Lipinski definition) is 3. The molecule has 0 saturated carbocycles. The lowest BCUT2D eigenvalue weighted by atomic mass is 10.1. The molecular weight excluding hydrogens is 226 g/mol. The predicted molar refractivity (Wildman–Crippen MR) is 62.8 cm³/mol. The molecular formula is C11H10ClN3O. The predicted octanol–water partition coefficient (Wildman–Crippen LogP) is 1.42. The number of nitrogens with zero attached hydrogens (tertiary/aromatic N) is 1. The molecule has 1 heterocycles. The Labute approximate surface area is 97.4 Å². The molecule has 0 aliphatic carbocycles. The molecule has 0 aliphatic rings. The van der Waals surface area contributed by atoms with E-state index in [2.05, 4.69) is 10.4 Å². The molecule has 2 rings (SSSR count). The first-order chi connectivity index (χ1) is 7.69. The molecule has 0 atom stereocenters. The molecule has 0 saturated heterocycles. The van der Waals surface area contributed by atoms with Crippen molar-refractivity contribution in [1.82, 2.24) is 10.4 Å². The van der Waals surface area contributed by atoms with Gasteiger partial charge in [-0.3, -0.25) is 10.2 Å². The fourth-order valence-electron chi connectivity index (χ4n) is 1.50. The first kappa shape index (κ1) is 10.9. The molecule has 5 heteroatoms. The van der Waals surface area contributed by atoms with Crippen molar-refractivity contribution in [1.29, 1.82) is 0 Å². The van der Waals surface area contributed by atoms with Gasteiger partial charge < -0.3 is 0 Å². The molecule has 0 bridgehead atoms. The summed E-state index contributed by atoms with van der Waals surface area (Å²) in [6.07, 6.45) is 0.259. The topological polar surface area (TPSA) is 68.0 Å². The Morgan fingerprint density at radius 1 is 1.38 bits per heavy atom. The third kappa shape index (κ3) is 2.29. The second-order valence-corrected chi connectivity index (χ2v) is 3.79. The highest BCUT2D eigenvalue weighted by Crippen LogP contribution is 2.17. The normalized spacial score (nSPS) is 10.4. The van der Waals surface area contributed by atoms with E-state index in [1.807, 2.05) is 24.3 Å². The quantitative estimate of drug-likeness (QED) is 0.358.